The summed E-state index contributed by atoms with van der Waals surface area (Å²) in [6.07, 6.45) is 1.14. The number of hydrogen-bond acceptors (Lipinski definition) is 4. The van der Waals surface area contributed by atoms with Gasteiger partial charge in [0.1, 0.15) is 0 Å². The van der Waals surface area contributed by atoms with Gasteiger partial charge in [0.05, 0.1) is 23.4 Å². The number of amides is 1. The molecule has 3 rings (SSSR count). The molecule has 1 heterocycles. The third kappa shape index (κ3) is 3.38. The lowest BCUT2D eigenvalue weighted by atomic mass is 10.0. The number of benzene rings is 2. The van der Waals surface area contributed by atoms with Crippen LogP contribution in [-0.4, -0.2) is 29.7 Å². The minimum atomic E-state index is -0.957. The number of fused-ring (bicyclic) bond motifs is 1. The van der Waals surface area contributed by atoms with E-state index in [1.165, 1.54) is 12.1 Å². The molecule has 1 amide bonds. The molecule has 1 aliphatic rings. The summed E-state index contributed by atoms with van der Waals surface area (Å²) in [4.78, 5) is 24.4. The molecule has 2 aromatic carbocycles. The van der Waals surface area contributed by atoms with Crippen LogP contribution in [0.15, 0.2) is 47.6 Å². The molecule has 0 bridgehead atoms. The average Bonchev–Trinajstić information content (AvgIpc) is 2.90. The van der Waals surface area contributed by atoms with Gasteiger partial charge in [-0.15, -0.1) is 0 Å². The quantitative estimate of drug-likeness (QED) is 0.649. The van der Waals surface area contributed by atoms with Gasteiger partial charge in [-0.05, 0) is 53.9 Å². The monoisotopic (exact) mass is 337 g/mol. The number of hydrogen-bond donors (Lipinski definition) is 2. The lowest BCUT2D eigenvalue weighted by Gasteiger charge is -2.11. The van der Waals surface area contributed by atoms with E-state index in [9.17, 15) is 9.59 Å². The van der Waals surface area contributed by atoms with Gasteiger partial charge >= 0.3 is 5.97 Å². The number of rotatable bonds is 5. The fourth-order valence-electron chi connectivity index (χ4n) is 2.82. The van der Waals surface area contributed by atoms with Crippen molar-refractivity contribution in [1.82, 2.24) is 0 Å². The van der Waals surface area contributed by atoms with Crippen LogP contribution >= 0.6 is 0 Å². The first-order chi connectivity index (χ1) is 12.0. The molecule has 6 nitrogen and oxygen atoms in total. The molecule has 0 spiro atoms. The number of likely N-dealkylation sites (N-methyl/N-ethyl adjacent to an activating group) is 1. The largest absolute Gasteiger partial charge is 0.478 e. The van der Waals surface area contributed by atoms with Gasteiger partial charge < -0.3 is 10.0 Å². The van der Waals surface area contributed by atoms with E-state index < -0.39 is 5.97 Å². The number of nitrogens with one attached hydrogen (secondary N) is 1. The molecule has 0 saturated carbocycles. The SMILES string of the molecule is CC/C(=N/Nc1ccc(C(=O)O)cc1)c1ccc2c(c1)CC(=O)N2C. The van der Waals surface area contributed by atoms with Gasteiger partial charge in [-0.1, -0.05) is 13.0 Å². The Morgan fingerprint density at radius 3 is 2.52 bits per heavy atom. The normalized spacial score (nSPS) is 13.8. The maximum atomic E-state index is 11.8. The number of aromatic carboxylic acids is 1. The van der Waals surface area contributed by atoms with E-state index in [0.717, 1.165) is 28.9 Å². The Labute approximate surface area is 145 Å². The van der Waals surface area contributed by atoms with Gasteiger partial charge in [-0.25, -0.2) is 4.79 Å². The summed E-state index contributed by atoms with van der Waals surface area (Å²) in [6.45, 7) is 2.01. The van der Waals surface area contributed by atoms with Crippen molar-refractivity contribution in [3.63, 3.8) is 0 Å². The van der Waals surface area contributed by atoms with Crippen molar-refractivity contribution in [3.05, 3.63) is 59.2 Å². The molecule has 128 valence electrons. The van der Waals surface area contributed by atoms with Gasteiger partial charge in [-0.3, -0.25) is 10.2 Å². The van der Waals surface area contributed by atoms with E-state index in [1.807, 2.05) is 25.1 Å². The van der Waals surface area contributed by atoms with E-state index in [4.69, 9.17) is 5.11 Å². The summed E-state index contributed by atoms with van der Waals surface area (Å²) in [5.41, 5.74) is 7.71. The first-order valence-electron chi connectivity index (χ1n) is 8.05. The van der Waals surface area contributed by atoms with Crippen molar-refractivity contribution < 1.29 is 14.7 Å². The highest BCUT2D eigenvalue weighted by atomic mass is 16.4. The first-order valence-corrected chi connectivity index (χ1v) is 8.05. The zero-order valence-corrected chi connectivity index (χ0v) is 14.1. The third-order valence-corrected chi connectivity index (χ3v) is 4.28. The van der Waals surface area contributed by atoms with Crippen molar-refractivity contribution in [1.29, 1.82) is 0 Å². The summed E-state index contributed by atoms with van der Waals surface area (Å²) in [5, 5.41) is 13.4. The molecule has 25 heavy (non-hydrogen) atoms. The van der Waals surface area contributed by atoms with Crippen LogP contribution in [0, 0.1) is 0 Å². The molecule has 6 heteroatoms. The molecule has 0 fully saturated rings. The second kappa shape index (κ2) is 6.76. The number of carboxylic acid groups (broad SMARTS) is 1. The molecule has 0 unspecified atom stereocenters. The molecule has 0 radical (unpaired) electrons. The predicted molar refractivity (Wildman–Crippen MR) is 97.4 cm³/mol. The Bertz CT molecular complexity index is 857. The van der Waals surface area contributed by atoms with Gasteiger partial charge in [0.25, 0.3) is 0 Å². The number of carbonyl (C=O) groups is 2. The van der Waals surface area contributed by atoms with E-state index >= 15 is 0 Å². The number of carboxylic acids is 1. The van der Waals surface area contributed by atoms with E-state index in [0.29, 0.717) is 12.1 Å². The molecule has 0 aliphatic carbocycles. The van der Waals surface area contributed by atoms with Gasteiger partial charge in [0.15, 0.2) is 0 Å². The van der Waals surface area contributed by atoms with Crippen LogP contribution in [-0.2, 0) is 11.2 Å². The fourth-order valence-corrected chi connectivity index (χ4v) is 2.82. The zero-order chi connectivity index (χ0) is 18.0. The van der Waals surface area contributed by atoms with Crippen molar-refractivity contribution in [3.8, 4) is 0 Å². The van der Waals surface area contributed by atoms with Crippen molar-refractivity contribution >= 4 is 29.0 Å². The summed E-state index contributed by atoms with van der Waals surface area (Å²) >= 11 is 0. The minimum absolute atomic E-state index is 0.0961. The van der Waals surface area contributed by atoms with E-state index in [2.05, 4.69) is 10.5 Å². The van der Waals surface area contributed by atoms with Crippen LogP contribution in [0.5, 0.6) is 0 Å². The standard InChI is InChI=1S/C19H19N3O3/c1-3-16(21-20-15-7-4-12(5-8-15)19(24)25)13-6-9-17-14(10-13)11-18(23)22(17)2/h4-10,20H,3,11H2,1-2H3,(H,24,25)/b21-16-. The summed E-state index contributed by atoms with van der Waals surface area (Å²) < 4.78 is 0. The van der Waals surface area contributed by atoms with Crippen LogP contribution in [0.4, 0.5) is 11.4 Å². The second-order valence-corrected chi connectivity index (χ2v) is 5.88. The molecule has 0 aromatic heterocycles. The maximum Gasteiger partial charge on any atom is 0.335 e. The molecule has 2 aromatic rings. The number of hydrazone groups is 1. The molecule has 0 saturated heterocycles. The predicted octanol–water partition coefficient (Wildman–Crippen LogP) is 3.13. The van der Waals surface area contributed by atoms with Crippen LogP contribution in [0.2, 0.25) is 0 Å². The van der Waals surface area contributed by atoms with Gasteiger partial charge in [0, 0.05) is 12.7 Å². The van der Waals surface area contributed by atoms with Crippen LogP contribution < -0.4 is 10.3 Å². The highest BCUT2D eigenvalue weighted by Crippen LogP contribution is 2.28. The van der Waals surface area contributed by atoms with Crippen LogP contribution in [0.1, 0.15) is 34.8 Å². The summed E-state index contributed by atoms with van der Waals surface area (Å²) in [6, 6.07) is 12.3. The molecule has 1 aliphatic heterocycles. The van der Waals surface area contributed by atoms with E-state index in [-0.39, 0.29) is 11.5 Å². The average molecular weight is 337 g/mol. The lowest BCUT2D eigenvalue weighted by Crippen LogP contribution is -2.20. The Balaban J connectivity index is 1.80. The highest BCUT2D eigenvalue weighted by molar-refractivity contribution is 6.05. The van der Waals surface area contributed by atoms with Crippen molar-refractivity contribution in [2.24, 2.45) is 5.10 Å². The number of carbonyl (C=O) groups excluding carboxylic acids is 1. The van der Waals surface area contributed by atoms with Crippen LogP contribution in [0.25, 0.3) is 0 Å². The Kier molecular flexibility index (Phi) is 4.52. The minimum Gasteiger partial charge on any atom is -0.478 e. The Morgan fingerprint density at radius 2 is 1.88 bits per heavy atom. The molecule has 0 atom stereocenters. The molecule has 2 N–H and O–H groups in total. The number of anilines is 2. The highest BCUT2D eigenvalue weighted by Gasteiger charge is 2.24. The zero-order valence-electron chi connectivity index (χ0n) is 14.1. The molecular formula is C19H19N3O3. The lowest BCUT2D eigenvalue weighted by molar-refractivity contribution is -0.117. The van der Waals surface area contributed by atoms with Crippen molar-refractivity contribution in [2.75, 3.05) is 17.4 Å². The molecular weight excluding hydrogens is 318 g/mol. The third-order valence-electron chi connectivity index (χ3n) is 4.28. The van der Waals surface area contributed by atoms with E-state index in [1.54, 1.807) is 24.1 Å². The Morgan fingerprint density at radius 1 is 1.20 bits per heavy atom. The van der Waals surface area contributed by atoms with Crippen LogP contribution in [0.3, 0.4) is 0 Å². The van der Waals surface area contributed by atoms with Gasteiger partial charge in [-0.2, -0.15) is 5.10 Å². The first kappa shape index (κ1) is 16.7. The summed E-state index contributed by atoms with van der Waals surface area (Å²) in [5.74, 6) is -0.860. The fraction of sp³-hybridized carbons (Fsp3) is 0.211. The van der Waals surface area contributed by atoms with Gasteiger partial charge in [0.2, 0.25) is 5.91 Å². The summed E-state index contributed by atoms with van der Waals surface area (Å²) in [7, 11) is 1.78. The number of nitrogens with zero attached hydrogens (tertiary/aromatic N) is 2. The maximum absolute atomic E-state index is 11.8. The topological polar surface area (TPSA) is 82.0 Å². The smallest absolute Gasteiger partial charge is 0.335 e. The second-order valence-electron chi connectivity index (χ2n) is 5.88. The van der Waals surface area contributed by atoms with Crippen molar-refractivity contribution in [2.45, 2.75) is 19.8 Å². The Hall–Kier alpha value is -3.15.